The maximum absolute atomic E-state index is 13.0. The van der Waals surface area contributed by atoms with Crippen LogP contribution in [0.3, 0.4) is 0 Å². The average Bonchev–Trinajstić information content (AvgIpc) is 3.35. The van der Waals surface area contributed by atoms with Crippen LogP contribution in [0, 0.1) is 20.8 Å². The second-order valence-corrected chi connectivity index (χ2v) is 8.45. The molecule has 0 radical (unpaired) electrons. The van der Waals surface area contributed by atoms with E-state index >= 15 is 0 Å². The van der Waals surface area contributed by atoms with Gasteiger partial charge >= 0.3 is 5.97 Å². The SMILES string of the molecule is COC(=O)CCc1c(C)nn(-c2ccc(C(=O)Nc3cc(C)nn3Cc3ccccc3)cc2)c1C. The van der Waals surface area contributed by atoms with Crippen molar-refractivity contribution in [1.82, 2.24) is 19.6 Å². The Hall–Kier alpha value is -4.20. The van der Waals surface area contributed by atoms with Gasteiger partial charge in [-0.1, -0.05) is 30.3 Å². The van der Waals surface area contributed by atoms with Crippen molar-refractivity contribution in [2.75, 3.05) is 12.4 Å². The number of ether oxygens (including phenoxy) is 1. The maximum atomic E-state index is 13.0. The first-order valence-electron chi connectivity index (χ1n) is 11.5. The molecule has 0 aliphatic heterocycles. The van der Waals surface area contributed by atoms with Gasteiger partial charge in [0.25, 0.3) is 5.91 Å². The molecule has 0 unspecified atom stereocenters. The Morgan fingerprint density at radius 3 is 2.37 bits per heavy atom. The Labute approximate surface area is 204 Å². The minimum atomic E-state index is -0.243. The van der Waals surface area contributed by atoms with E-state index < -0.39 is 0 Å². The molecular weight excluding hydrogens is 442 g/mol. The van der Waals surface area contributed by atoms with Gasteiger partial charge in [0.2, 0.25) is 0 Å². The van der Waals surface area contributed by atoms with Gasteiger partial charge in [0.15, 0.2) is 0 Å². The van der Waals surface area contributed by atoms with Gasteiger partial charge in [-0.25, -0.2) is 9.36 Å². The number of anilines is 1. The predicted octanol–water partition coefficient (Wildman–Crippen LogP) is 4.40. The molecule has 4 rings (SSSR count). The molecule has 0 saturated carbocycles. The number of benzene rings is 2. The third-order valence-corrected chi connectivity index (χ3v) is 5.94. The van der Waals surface area contributed by atoms with E-state index in [1.165, 1.54) is 7.11 Å². The van der Waals surface area contributed by atoms with Crippen molar-refractivity contribution < 1.29 is 14.3 Å². The lowest BCUT2D eigenvalue weighted by atomic mass is 10.1. The predicted molar refractivity (Wildman–Crippen MR) is 134 cm³/mol. The molecule has 8 nitrogen and oxygen atoms in total. The molecule has 0 bridgehead atoms. The summed E-state index contributed by atoms with van der Waals surface area (Å²) in [6.07, 6.45) is 0.879. The summed E-state index contributed by atoms with van der Waals surface area (Å²) < 4.78 is 8.38. The Morgan fingerprint density at radius 1 is 0.971 bits per heavy atom. The highest BCUT2D eigenvalue weighted by atomic mass is 16.5. The van der Waals surface area contributed by atoms with E-state index in [1.54, 1.807) is 16.8 Å². The number of amides is 1. The van der Waals surface area contributed by atoms with Crippen molar-refractivity contribution >= 4 is 17.7 Å². The molecule has 1 N–H and O–H groups in total. The summed E-state index contributed by atoms with van der Waals surface area (Å²) in [5.74, 6) is 0.194. The highest BCUT2D eigenvalue weighted by Crippen LogP contribution is 2.21. The van der Waals surface area contributed by atoms with Crippen LogP contribution in [0.4, 0.5) is 5.82 Å². The first-order valence-corrected chi connectivity index (χ1v) is 11.5. The first-order chi connectivity index (χ1) is 16.9. The average molecular weight is 472 g/mol. The topological polar surface area (TPSA) is 91.0 Å². The Balaban J connectivity index is 1.48. The van der Waals surface area contributed by atoms with Crippen molar-refractivity contribution in [2.24, 2.45) is 0 Å². The van der Waals surface area contributed by atoms with Gasteiger partial charge < -0.3 is 10.1 Å². The molecule has 2 aromatic heterocycles. The fraction of sp³-hybridized carbons (Fsp3) is 0.259. The second-order valence-electron chi connectivity index (χ2n) is 8.45. The normalized spacial score (nSPS) is 10.9. The van der Waals surface area contributed by atoms with Gasteiger partial charge in [-0.3, -0.25) is 9.59 Å². The summed E-state index contributed by atoms with van der Waals surface area (Å²) in [4.78, 5) is 24.5. The van der Waals surface area contributed by atoms with Crippen molar-refractivity contribution in [3.8, 4) is 5.69 Å². The van der Waals surface area contributed by atoms with Crippen molar-refractivity contribution in [3.63, 3.8) is 0 Å². The molecular formula is C27H29N5O3. The number of hydrogen-bond donors (Lipinski definition) is 1. The van der Waals surface area contributed by atoms with Gasteiger partial charge in [-0.05, 0) is 62.6 Å². The molecule has 180 valence electrons. The van der Waals surface area contributed by atoms with Gasteiger partial charge in [-0.2, -0.15) is 10.2 Å². The van der Waals surface area contributed by atoms with Crippen LogP contribution >= 0.6 is 0 Å². The number of methoxy groups -OCH3 is 1. The molecule has 2 aromatic carbocycles. The third-order valence-electron chi connectivity index (χ3n) is 5.94. The Bertz CT molecular complexity index is 1340. The van der Waals surface area contributed by atoms with Gasteiger partial charge in [-0.15, -0.1) is 0 Å². The zero-order chi connectivity index (χ0) is 24.9. The number of nitrogens with one attached hydrogen (secondary N) is 1. The fourth-order valence-corrected chi connectivity index (χ4v) is 4.08. The van der Waals surface area contributed by atoms with Crippen LogP contribution in [0.5, 0.6) is 0 Å². The van der Waals surface area contributed by atoms with E-state index in [2.05, 4.69) is 15.5 Å². The zero-order valence-electron chi connectivity index (χ0n) is 20.4. The van der Waals surface area contributed by atoms with Crippen LogP contribution in [0.25, 0.3) is 5.69 Å². The first kappa shape index (κ1) is 23.9. The van der Waals surface area contributed by atoms with E-state index in [4.69, 9.17) is 4.74 Å². The largest absolute Gasteiger partial charge is 0.469 e. The molecule has 35 heavy (non-hydrogen) atoms. The maximum Gasteiger partial charge on any atom is 0.305 e. The number of carbonyl (C=O) groups is 2. The van der Waals surface area contributed by atoms with Gasteiger partial charge in [0.05, 0.1) is 30.7 Å². The van der Waals surface area contributed by atoms with Crippen LogP contribution in [-0.4, -0.2) is 38.5 Å². The Morgan fingerprint density at radius 2 is 1.69 bits per heavy atom. The quantitative estimate of drug-likeness (QED) is 0.385. The summed E-state index contributed by atoms with van der Waals surface area (Å²) in [6, 6.07) is 19.1. The van der Waals surface area contributed by atoms with Gasteiger partial charge in [0.1, 0.15) is 5.82 Å². The molecule has 4 aromatic rings. The van der Waals surface area contributed by atoms with Crippen LogP contribution in [-0.2, 0) is 22.5 Å². The summed E-state index contributed by atoms with van der Waals surface area (Å²) in [7, 11) is 1.39. The molecule has 0 aliphatic rings. The third kappa shape index (κ3) is 5.48. The van der Waals surface area contributed by atoms with Crippen molar-refractivity contribution in [1.29, 1.82) is 0 Å². The lowest BCUT2D eigenvalue weighted by molar-refractivity contribution is -0.140. The second kappa shape index (κ2) is 10.4. The molecule has 0 fully saturated rings. The van der Waals surface area contributed by atoms with Crippen LogP contribution in [0.1, 0.15) is 45.0 Å². The number of carbonyl (C=O) groups excluding carboxylic acids is 2. The minimum Gasteiger partial charge on any atom is -0.469 e. The number of aromatic nitrogens is 4. The fourth-order valence-electron chi connectivity index (χ4n) is 4.08. The molecule has 2 heterocycles. The molecule has 8 heteroatoms. The summed E-state index contributed by atoms with van der Waals surface area (Å²) in [6.45, 7) is 6.38. The van der Waals surface area contributed by atoms with E-state index in [1.807, 2.05) is 74.0 Å². The van der Waals surface area contributed by atoms with Crippen LogP contribution in [0.15, 0.2) is 60.7 Å². The summed E-state index contributed by atoms with van der Waals surface area (Å²) >= 11 is 0. The van der Waals surface area contributed by atoms with Crippen LogP contribution < -0.4 is 5.32 Å². The van der Waals surface area contributed by atoms with Crippen LogP contribution in [0.2, 0.25) is 0 Å². The van der Waals surface area contributed by atoms with E-state index in [0.29, 0.717) is 30.8 Å². The van der Waals surface area contributed by atoms with Crippen molar-refractivity contribution in [2.45, 2.75) is 40.2 Å². The molecule has 0 spiro atoms. The zero-order valence-corrected chi connectivity index (χ0v) is 20.4. The van der Waals surface area contributed by atoms with E-state index in [-0.39, 0.29) is 11.9 Å². The number of esters is 1. The summed E-state index contributed by atoms with van der Waals surface area (Å²) in [5, 5.41) is 12.1. The molecule has 0 saturated heterocycles. The smallest absolute Gasteiger partial charge is 0.305 e. The number of aryl methyl sites for hydroxylation is 2. The highest BCUT2D eigenvalue weighted by Gasteiger charge is 2.16. The number of rotatable bonds is 8. The van der Waals surface area contributed by atoms with E-state index in [9.17, 15) is 9.59 Å². The highest BCUT2D eigenvalue weighted by molar-refractivity contribution is 6.04. The standard InChI is InChI=1S/C27H29N5O3/c1-18-16-25(31(29-18)17-21-8-6-5-7-9-21)28-27(34)22-10-12-23(13-11-22)32-20(3)24(19(2)30-32)14-15-26(33)35-4/h5-13,16H,14-15,17H2,1-4H3,(H,28,34). The lowest BCUT2D eigenvalue weighted by Crippen LogP contribution is -2.16. The Kier molecular flexibility index (Phi) is 7.10. The monoisotopic (exact) mass is 471 g/mol. The summed E-state index contributed by atoms with van der Waals surface area (Å²) in [5.41, 5.74) is 6.17. The number of nitrogens with zero attached hydrogens (tertiary/aromatic N) is 4. The van der Waals surface area contributed by atoms with Crippen molar-refractivity contribution in [3.05, 3.63) is 94.4 Å². The molecule has 0 aliphatic carbocycles. The molecule has 1 amide bonds. The van der Waals surface area contributed by atoms with E-state index in [0.717, 1.165) is 33.9 Å². The minimum absolute atomic E-state index is 0.210. The lowest BCUT2D eigenvalue weighted by Gasteiger charge is -2.10. The number of hydrogen-bond acceptors (Lipinski definition) is 5. The molecule has 0 atom stereocenters. The van der Waals surface area contributed by atoms with Gasteiger partial charge in [0, 0.05) is 23.7 Å².